The number of nitrogens with zero attached hydrogens (tertiary/aromatic N) is 2. The summed E-state index contributed by atoms with van der Waals surface area (Å²) in [5.41, 5.74) is 14.8. The van der Waals surface area contributed by atoms with Crippen LogP contribution in [0.2, 0.25) is 0 Å². The lowest BCUT2D eigenvalue weighted by Crippen LogP contribution is -2.14. The van der Waals surface area contributed by atoms with E-state index in [0.29, 0.717) is 5.82 Å². The number of hydrogen-bond donors (Lipinski definition) is 0. The lowest BCUT2D eigenvalue weighted by atomic mass is 9.82. The average Bonchev–Trinajstić information content (AvgIpc) is 3.75. The van der Waals surface area contributed by atoms with Gasteiger partial charge < -0.3 is 0 Å². The maximum absolute atomic E-state index is 5.35. The van der Waals surface area contributed by atoms with Crippen molar-refractivity contribution in [3.05, 3.63) is 193 Å². The molecule has 0 fully saturated rings. The Morgan fingerprint density at radius 1 is 0.393 bits per heavy atom. The zero-order valence-electron chi connectivity index (χ0n) is 31.1. The highest BCUT2D eigenvalue weighted by Crippen LogP contribution is 2.50. The molecule has 10 aromatic rings. The molecule has 3 heteroatoms. The molecule has 8 aromatic carbocycles. The maximum atomic E-state index is 5.35. The highest BCUT2D eigenvalue weighted by Gasteiger charge is 2.35. The van der Waals surface area contributed by atoms with Gasteiger partial charge in [0.1, 0.15) is 0 Å². The minimum absolute atomic E-state index is 0.115. The van der Waals surface area contributed by atoms with Gasteiger partial charge in [0.25, 0.3) is 0 Å². The Kier molecular flexibility index (Phi) is 7.42. The van der Waals surface area contributed by atoms with Crippen LogP contribution in [0.4, 0.5) is 0 Å². The van der Waals surface area contributed by atoms with Crippen LogP contribution in [-0.4, -0.2) is 9.97 Å². The van der Waals surface area contributed by atoms with Gasteiger partial charge in [-0.1, -0.05) is 147 Å². The second kappa shape index (κ2) is 12.7. The van der Waals surface area contributed by atoms with Crippen LogP contribution in [0, 0.1) is 0 Å². The third-order valence-electron chi connectivity index (χ3n) is 11.7. The second-order valence-corrected chi connectivity index (χ2v) is 16.5. The summed E-state index contributed by atoms with van der Waals surface area (Å²) >= 11 is 1.86. The molecule has 1 aliphatic rings. The number of aromatic nitrogens is 2. The quantitative estimate of drug-likeness (QED) is 0.176. The third-order valence-corrected chi connectivity index (χ3v) is 12.8. The largest absolute Gasteiger partial charge is 0.228 e. The SMILES string of the molecule is CC1(C)c2ccccc2-c2ccc(-c3cc(-c4cc(-c5ccc6ccccc6c5)cc(-c5cccc6sc7ccccc7c56)c4)nc(-c4ccccc4)n3)cc21. The van der Waals surface area contributed by atoms with Crippen LogP contribution < -0.4 is 0 Å². The maximum Gasteiger partial charge on any atom is 0.160 e. The summed E-state index contributed by atoms with van der Waals surface area (Å²) in [7, 11) is 0. The molecule has 0 saturated heterocycles. The number of rotatable bonds is 5. The predicted octanol–water partition coefficient (Wildman–Crippen LogP) is 14.6. The smallest absolute Gasteiger partial charge is 0.160 e. The number of hydrogen-bond acceptors (Lipinski definition) is 3. The van der Waals surface area contributed by atoms with Gasteiger partial charge in [-0.25, -0.2) is 9.97 Å². The van der Waals surface area contributed by atoms with Gasteiger partial charge in [-0.05, 0) is 104 Å². The van der Waals surface area contributed by atoms with Crippen molar-refractivity contribution >= 4 is 42.3 Å². The van der Waals surface area contributed by atoms with Crippen LogP contribution >= 0.6 is 11.3 Å². The molecule has 11 rings (SSSR count). The van der Waals surface area contributed by atoms with Gasteiger partial charge >= 0.3 is 0 Å². The molecule has 2 heterocycles. The Bertz CT molecular complexity index is 3170. The first-order valence-electron chi connectivity index (χ1n) is 19.2. The third kappa shape index (κ3) is 5.31. The van der Waals surface area contributed by atoms with Crippen molar-refractivity contribution in [1.82, 2.24) is 9.97 Å². The predicted molar refractivity (Wildman–Crippen MR) is 237 cm³/mol. The molecule has 0 spiro atoms. The van der Waals surface area contributed by atoms with Crippen molar-refractivity contribution in [2.24, 2.45) is 0 Å². The van der Waals surface area contributed by atoms with E-state index in [9.17, 15) is 0 Å². The molecule has 0 bridgehead atoms. The summed E-state index contributed by atoms with van der Waals surface area (Å²) in [6.45, 7) is 4.67. The molecule has 0 amide bonds. The Labute approximate surface area is 330 Å². The summed E-state index contributed by atoms with van der Waals surface area (Å²) in [4.78, 5) is 10.6. The molecule has 56 heavy (non-hydrogen) atoms. The van der Waals surface area contributed by atoms with Crippen molar-refractivity contribution in [2.75, 3.05) is 0 Å². The summed E-state index contributed by atoms with van der Waals surface area (Å²) in [5.74, 6) is 0.713. The Balaban J connectivity index is 1.15. The fourth-order valence-electron chi connectivity index (χ4n) is 8.80. The van der Waals surface area contributed by atoms with E-state index in [2.05, 4.69) is 190 Å². The molecule has 264 valence electrons. The molecule has 0 radical (unpaired) electrons. The van der Waals surface area contributed by atoms with Crippen molar-refractivity contribution in [1.29, 1.82) is 0 Å². The van der Waals surface area contributed by atoms with Gasteiger partial charge in [0.15, 0.2) is 5.82 Å². The van der Waals surface area contributed by atoms with E-state index in [4.69, 9.17) is 9.97 Å². The van der Waals surface area contributed by atoms with Crippen LogP contribution in [0.1, 0.15) is 25.0 Å². The van der Waals surface area contributed by atoms with E-state index in [1.165, 1.54) is 69.9 Å². The fraction of sp³-hybridized carbons (Fsp3) is 0.0566. The molecule has 1 aliphatic carbocycles. The number of fused-ring (bicyclic) bond motifs is 7. The molecule has 0 atom stereocenters. The normalized spacial score (nSPS) is 13.0. The average molecular weight is 733 g/mol. The standard InChI is InChI=1S/C53H36N2S/c1-53(2)45-20-10-8-17-42(45)43-26-25-37(31-46(43)53)47-32-48(55-52(54-47)34-14-4-3-5-15-34)40-29-38(36-24-23-33-13-6-7-16-35(33)27-36)28-39(30-40)41-19-12-22-50-51(41)44-18-9-11-21-49(44)56-50/h3-32H,1-2H3. The first kappa shape index (κ1) is 32.7. The minimum Gasteiger partial charge on any atom is -0.228 e. The Morgan fingerprint density at radius 2 is 1.05 bits per heavy atom. The van der Waals surface area contributed by atoms with Gasteiger partial charge in [-0.2, -0.15) is 0 Å². The van der Waals surface area contributed by atoms with Crippen molar-refractivity contribution in [3.8, 4) is 67.3 Å². The van der Waals surface area contributed by atoms with Crippen molar-refractivity contribution < 1.29 is 0 Å². The summed E-state index contributed by atoms with van der Waals surface area (Å²) in [6, 6.07) is 66.1. The molecule has 0 unspecified atom stereocenters. The van der Waals surface area contributed by atoms with E-state index in [1.807, 2.05) is 17.4 Å². The lowest BCUT2D eigenvalue weighted by molar-refractivity contribution is 0.660. The number of thiophene rings is 1. The summed E-state index contributed by atoms with van der Waals surface area (Å²) < 4.78 is 2.59. The van der Waals surface area contributed by atoms with Gasteiger partial charge in [0.05, 0.1) is 11.4 Å². The van der Waals surface area contributed by atoms with Crippen LogP contribution in [0.15, 0.2) is 182 Å². The van der Waals surface area contributed by atoms with E-state index in [0.717, 1.165) is 33.6 Å². The van der Waals surface area contributed by atoms with Crippen LogP contribution in [0.3, 0.4) is 0 Å². The molecular weight excluding hydrogens is 697 g/mol. The molecule has 0 saturated carbocycles. The van der Waals surface area contributed by atoms with E-state index in [-0.39, 0.29) is 5.41 Å². The van der Waals surface area contributed by atoms with E-state index >= 15 is 0 Å². The lowest BCUT2D eigenvalue weighted by Gasteiger charge is -2.22. The van der Waals surface area contributed by atoms with Crippen molar-refractivity contribution in [2.45, 2.75) is 19.3 Å². The van der Waals surface area contributed by atoms with E-state index in [1.54, 1.807) is 0 Å². The summed E-state index contributed by atoms with van der Waals surface area (Å²) in [5, 5.41) is 5.04. The zero-order chi connectivity index (χ0) is 37.4. The molecule has 0 aliphatic heterocycles. The van der Waals surface area contributed by atoms with E-state index < -0.39 is 0 Å². The van der Waals surface area contributed by atoms with Crippen molar-refractivity contribution in [3.63, 3.8) is 0 Å². The Morgan fingerprint density at radius 3 is 1.95 bits per heavy atom. The molecule has 0 N–H and O–H groups in total. The van der Waals surface area contributed by atoms with Gasteiger partial charge in [-0.15, -0.1) is 11.3 Å². The highest BCUT2D eigenvalue weighted by atomic mass is 32.1. The molecular formula is C53H36N2S. The first-order valence-corrected chi connectivity index (χ1v) is 20.0. The molecule has 2 aromatic heterocycles. The monoisotopic (exact) mass is 732 g/mol. The second-order valence-electron chi connectivity index (χ2n) is 15.4. The molecule has 2 nitrogen and oxygen atoms in total. The topological polar surface area (TPSA) is 25.8 Å². The zero-order valence-corrected chi connectivity index (χ0v) is 31.9. The highest BCUT2D eigenvalue weighted by molar-refractivity contribution is 7.25. The van der Waals surface area contributed by atoms with Gasteiger partial charge in [0.2, 0.25) is 0 Å². The van der Waals surface area contributed by atoms with Gasteiger partial charge in [-0.3, -0.25) is 0 Å². The minimum atomic E-state index is -0.115. The summed E-state index contributed by atoms with van der Waals surface area (Å²) in [6.07, 6.45) is 0. The Hall–Kier alpha value is -6.68. The fourth-order valence-corrected chi connectivity index (χ4v) is 9.94. The number of benzene rings is 8. The van der Waals surface area contributed by atoms with Crippen LogP contribution in [0.5, 0.6) is 0 Å². The van der Waals surface area contributed by atoms with Crippen LogP contribution in [0.25, 0.3) is 98.2 Å². The van der Waals surface area contributed by atoms with Gasteiger partial charge in [0, 0.05) is 42.3 Å². The van der Waals surface area contributed by atoms with Crippen LogP contribution in [-0.2, 0) is 5.41 Å². The first-order chi connectivity index (χ1) is 27.5.